The number of halogens is 3. The van der Waals surface area contributed by atoms with Gasteiger partial charge in [-0.1, -0.05) is 23.5 Å². The molecule has 0 amide bonds. The summed E-state index contributed by atoms with van der Waals surface area (Å²) in [7, 11) is -1.86. The zero-order valence-corrected chi connectivity index (χ0v) is 9.18. The Morgan fingerprint density at radius 3 is 2.79 bits per heavy atom. The van der Waals surface area contributed by atoms with Crippen molar-refractivity contribution in [3.05, 3.63) is 5.51 Å². The minimum Gasteiger partial charge on any atom is -0.118 e. The van der Waals surface area contributed by atoms with E-state index in [1.54, 1.807) is 0 Å². The van der Waals surface area contributed by atoms with E-state index >= 15 is 0 Å². The largest absolute Gasteiger partial charge is 0.604 e. The first-order chi connectivity index (χ1) is 6.55. The van der Waals surface area contributed by atoms with E-state index in [0.29, 0.717) is 5.75 Å². The standard InChI is InChI=1S/C7H10F3N2S2/c1-2-3-4-13-6-12-11-5-14(6)7(8,9)10/h5H,2-4H2,1H3/q+1. The van der Waals surface area contributed by atoms with Crippen molar-refractivity contribution in [1.82, 2.24) is 10.2 Å². The summed E-state index contributed by atoms with van der Waals surface area (Å²) < 4.78 is 37.1. The molecule has 0 aliphatic rings. The highest BCUT2D eigenvalue weighted by Gasteiger charge is 2.47. The second kappa shape index (κ2) is 4.97. The average Bonchev–Trinajstić information content (AvgIpc) is 2.52. The number of rotatable bonds is 4. The fraction of sp³-hybridized carbons (Fsp3) is 0.714. The van der Waals surface area contributed by atoms with Crippen molar-refractivity contribution in [2.45, 2.75) is 29.6 Å². The number of nitrogens with zero attached hydrogens (tertiary/aromatic N) is 2. The first-order valence-corrected chi connectivity index (χ1v) is 6.37. The molecule has 1 atom stereocenters. The predicted molar refractivity (Wildman–Crippen MR) is 51.4 cm³/mol. The van der Waals surface area contributed by atoms with Crippen molar-refractivity contribution in [2.24, 2.45) is 0 Å². The normalized spacial score (nSPS) is 13.3. The Kier molecular flexibility index (Phi) is 4.18. The second-order valence-corrected chi connectivity index (χ2v) is 5.65. The molecule has 0 saturated carbocycles. The van der Waals surface area contributed by atoms with Crippen LogP contribution in [0.25, 0.3) is 0 Å². The third kappa shape index (κ3) is 3.13. The lowest BCUT2D eigenvalue weighted by atomic mass is 10.4. The monoisotopic (exact) mass is 243 g/mol. The molecule has 1 aromatic heterocycles. The fourth-order valence-electron chi connectivity index (χ4n) is 0.762. The van der Waals surface area contributed by atoms with Gasteiger partial charge < -0.3 is 0 Å². The van der Waals surface area contributed by atoms with Crippen LogP contribution in [0.4, 0.5) is 13.2 Å². The van der Waals surface area contributed by atoms with Gasteiger partial charge in [-0.2, -0.15) is 0 Å². The zero-order chi connectivity index (χ0) is 10.6. The van der Waals surface area contributed by atoms with Crippen molar-refractivity contribution in [2.75, 3.05) is 5.75 Å². The smallest absolute Gasteiger partial charge is 0.118 e. The minimum atomic E-state index is -4.22. The van der Waals surface area contributed by atoms with Crippen molar-refractivity contribution >= 4 is 22.2 Å². The minimum absolute atomic E-state index is 0.103. The highest BCUT2D eigenvalue weighted by Crippen LogP contribution is 2.46. The first-order valence-electron chi connectivity index (χ1n) is 4.09. The van der Waals surface area contributed by atoms with E-state index in [0.717, 1.165) is 30.1 Å². The van der Waals surface area contributed by atoms with Gasteiger partial charge in [-0.05, 0) is 18.2 Å². The molecule has 1 unspecified atom stereocenters. The molecule has 2 nitrogen and oxygen atoms in total. The Bertz CT molecular complexity index is 285. The summed E-state index contributed by atoms with van der Waals surface area (Å²) in [4.78, 5) is 0. The van der Waals surface area contributed by atoms with Gasteiger partial charge in [-0.15, -0.1) is 13.2 Å². The number of alkyl halides is 3. The highest BCUT2D eigenvalue weighted by atomic mass is 32.2. The zero-order valence-electron chi connectivity index (χ0n) is 7.54. The van der Waals surface area contributed by atoms with E-state index in [1.807, 2.05) is 6.92 Å². The lowest BCUT2D eigenvalue weighted by molar-refractivity contribution is -0.0875. The number of unbranched alkanes of at least 4 members (excludes halogenated alkanes) is 1. The molecular formula is C7H10F3N2S2+. The maximum atomic E-state index is 12.3. The lowest BCUT2D eigenvalue weighted by Crippen LogP contribution is -1.95. The number of thioether (sulfide) groups is 1. The molecule has 0 aromatic carbocycles. The molecule has 0 fully saturated rings. The molecule has 14 heavy (non-hydrogen) atoms. The topological polar surface area (TPSA) is 25.8 Å². The molecule has 0 aliphatic carbocycles. The molecule has 0 radical (unpaired) electrons. The molecule has 0 bridgehead atoms. The quantitative estimate of drug-likeness (QED) is 0.459. The van der Waals surface area contributed by atoms with Gasteiger partial charge in [0.05, 0.1) is 0 Å². The molecule has 0 saturated heterocycles. The van der Waals surface area contributed by atoms with Crippen molar-refractivity contribution in [1.29, 1.82) is 0 Å². The maximum Gasteiger partial charge on any atom is 0.604 e. The van der Waals surface area contributed by atoms with Crippen LogP contribution in [0.3, 0.4) is 0 Å². The fourth-order valence-corrected chi connectivity index (χ4v) is 3.33. The van der Waals surface area contributed by atoms with Crippen LogP contribution in [0.5, 0.6) is 0 Å². The van der Waals surface area contributed by atoms with Crippen LogP contribution in [-0.4, -0.2) is 16.0 Å². The average molecular weight is 243 g/mol. The molecule has 0 aliphatic heterocycles. The van der Waals surface area contributed by atoms with Gasteiger partial charge in [0.2, 0.25) is 0 Å². The number of hydrogen-bond acceptors (Lipinski definition) is 3. The summed E-state index contributed by atoms with van der Waals surface area (Å²) in [6, 6.07) is 0. The van der Waals surface area contributed by atoms with Crippen LogP contribution < -0.4 is 0 Å². The van der Waals surface area contributed by atoms with Crippen LogP contribution in [0, 0.1) is 0 Å². The molecule has 7 heteroatoms. The Morgan fingerprint density at radius 1 is 1.50 bits per heavy atom. The van der Waals surface area contributed by atoms with Gasteiger partial charge in [0.25, 0.3) is 5.51 Å². The van der Waals surface area contributed by atoms with Gasteiger partial charge in [-0.25, -0.2) is 0 Å². The lowest BCUT2D eigenvalue weighted by Gasteiger charge is -1.95. The van der Waals surface area contributed by atoms with Crippen LogP contribution in [-0.2, 0) is 5.51 Å². The van der Waals surface area contributed by atoms with Crippen LogP contribution in [0.15, 0.2) is 9.85 Å². The van der Waals surface area contributed by atoms with Crippen molar-refractivity contribution in [3.8, 4) is 0 Å². The van der Waals surface area contributed by atoms with Gasteiger partial charge in [0.15, 0.2) is 0 Å². The molecule has 1 aromatic rings. The van der Waals surface area contributed by atoms with E-state index in [1.165, 1.54) is 0 Å². The Hall–Kier alpha value is -0.300. The summed E-state index contributed by atoms with van der Waals surface area (Å²) in [6.45, 7) is 2.00. The molecule has 1 heterocycles. The molecular weight excluding hydrogens is 233 g/mol. The van der Waals surface area contributed by atoms with Crippen molar-refractivity contribution < 1.29 is 13.2 Å². The molecule has 0 spiro atoms. The Balaban J connectivity index is 2.63. The highest BCUT2D eigenvalue weighted by molar-refractivity contribution is 8.01. The summed E-state index contributed by atoms with van der Waals surface area (Å²) in [5, 5.41) is 6.82. The third-order valence-electron chi connectivity index (χ3n) is 1.45. The number of aromatic nitrogens is 2. The van der Waals surface area contributed by atoms with E-state index < -0.39 is 16.0 Å². The molecule has 1 rings (SSSR count). The SMILES string of the molecule is CCCCSc1nnc[s+]1C(F)(F)F. The van der Waals surface area contributed by atoms with Crippen molar-refractivity contribution in [3.63, 3.8) is 0 Å². The van der Waals surface area contributed by atoms with Crippen LogP contribution in [0.2, 0.25) is 0 Å². The maximum absolute atomic E-state index is 12.3. The van der Waals surface area contributed by atoms with Gasteiger partial charge in [0, 0.05) is 5.75 Å². The van der Waals surface area contributed by atoms with E-state index in [4.69, 9.17) is 0 Å². The predicted octanol–water partition coefficient (Wildman–Crippen LogP) is 3.59. The first kappa shape index (κ1) is 11.8. The summed E-state index contributed by atoms with van der Waals surface area (Å²) in [5.41, 5.74) is -3.34. The summed E-state index contributed by atoms with van der Waals surface area (Å²) in [5.74, 6) is 0.679. The summed E-state index contributed by atoms with van der Waals surface area (Å²) >= 11 is 1.16. The molecule has 80 valence electrons. The third-order valence-corrected chi connectivity index (χ3v) is 4.43. The van der Waals surface area contributed by atoms with Crippen LogP contribution in [0.1, 0.15) is 19.8 Å². The van der Waals surface area contributed by atoms with E-state index in [2.05, 4.69) is 10.2 Å². The summed E-state index contributed by atoms with van der Waals surface area (Å²) in [6.07, 6.45) is 1.87. The van der Waals surface area contributed by atoms with E-state index in [9.17, 15) is 13.2 Å². The Labute approximate surface area is 86.9 Å². The second-order valence-electron chi connectivity index (χ2n) is 2.57. The Morgan fingerprint density at radius 2 is 2.21 bits per heavy atom. The van der Waals surface area contributed by atoms with Gasteiger partial charge >= 0.3 is 9.85 Å². The van der Waals surface area contributed by atoms with Crippen LogP contribution >= 0.6 is 22.2 Å². The van der Waals surface area contributed by atoms with Gasteiger partial charge in [-0.3, -0.25) is 0 Å². The van der Waals surface area contributed by atoms with Gasteiger partial charge in [0.1, 0.15) is 10.5 Å². The number of hydrogen-bond donors (Lipinski definition) is 0. The van der Waals surface area contributed by atoms with E-state index in [-0.39, 0.29) is 4.34 Å². The molecule has 0 N–H and O–H groups in total.